The van der Waals surface area contributed by atoms with Crippen LogP contribution in [0.2, 0.25) is 0 Å². The molecule has 0 spiro atoms. The Bertz CT molecular complexity index is 992. The predicted molar refractivity (Wildman–Crippen MR) is 101 cm³/mol. The fraction of sp³-hybridized carbons (Fsp3) is 0.158. The number of nitrogens with zero attached hydrogens (tertiary/aromatic N) is 2. The van der Waals surface area contributed by atoms with E-state index in [4.69, 9.17) is 16.2 Å². The lowest BCUT2D eigenvalue weighted by molar-refractivity contribution is 0.100. The SMILES string of the molecule is COc1ccc2c(c1)CCn1nc(-c3ccc(N)cc3)c(C(N)=O)c1N2. The molecule has 7 nitrogen and oxygen atoms in total. The van der Waals surface area contributed by atoms with Crippen molar-refractivity contribution in [3.05, 3.63) is 53.6 Å². The second kappa shape index (κ2) is 6.11. The van der Waals surface area contributed by atoms with Crippen LogP contribution in [0.25, 0.3) is 11.3 Å². The summed E-state index contributed by atoms with van der Waals surface area (Å²) in [4.78, 5) is 12.2. The summed E-state index contributed by atoms with van der Waals surface area (Å²) in [5.74, 6) is 0.874. The molecule has 2 heterocycles. The van der Waals surface area contributed by atoms with Gasteiger partial charge in [-0.25, -0.2) is 4.68 Å². The highest BCUT2D eigenvalue weighted by Gasteiger charge is 2.26. The Kier molecular flexibility index (Phi) is 3.76. The second-order valence-corrected chi connectivity index (χ2v) is 6.18. The van der Waals surface area contributed by atoms with Gasteiger partial charge in [-0.2, -0.15) is 5.10 Å². The molecular weight excluding hydrogens is 330 g/mol. The largest absolute Gasteiger partial charge is 0.497 e. The lowest BCUT2D eigenvalue weighted by atomic mass is 10.1. The summed E-state index contributed by atoms with van der Waals surface area (Å²) >= 11 is 0. The Labute approximate surface area is 150 Å². The van der Waals surface area contributed by atoms with E-state index in [0.717, 1.165) is 29.0 Å². The number of benzene rings is 2. The Balaban J connectivity index is 1.83. The molecule has 4 rings (SSSR count). The molecule has 0 radical (unpaired) electrons. The van der Waals surface area contributed by atoms with Crippen LogP contribution in [0.4, 0.5) is 17.2 Å². The summed E-state index contributed by atoms with van der Waals surface area (Å²) < 4.78 is 7.08. The van der Waals surface area contributed by atoms with Gasteiger partial charge in [-0.1, -0.05) is 12.1 Å². The molecule has 0 atom stereocenters. The van der Waals surface area contributed by atoms with E-state index in [9.17, 15) is 4.79 Å². The van der Waals surface area contributed by atoms with Crippen LogP contribution >= 0.6 is 0 Å². The summed E-state index contributed by atoms with van der Waals surface area (Å²) in [6.07, 6.45) is 0.758. The van der Waals surface area contributed by atoms with Gasteiger partial charge < -0.3 is 21.5 Å². The van der Waals surface area contributed by atoms with E-state index in [1.807, 2.05) is 30.3 Å². The highest BCUT2D eigenvalue weighted by molar-refractivity contribution is 6.04. The molecule has 7 heteroatoms. The molecule has 0 fully saturated rings. The van der Waals surface area contributed by atoms with Crippen LogP contribution in [0, 0.1) is 0 Å². The molecule has 26 heavy (non-hydrogen) atoms. The Morgan fingerprint density at radius 3 is 2.69 bits per heavy atom. The molecule has 1 aliphatic heterocycles. The third kappa shape index (κ3) is 2.63. The second-order valence-electron chi connectivity index (χ2n) is 6.18. The van der Waals surface area contributed by atoms with E-state index in [0.29, 0.717) is 29.3 Å². The molecule has 0 bridgehead atoms. The molecule has 1 aliphatic rings. The molecule has 3 aromatic rings. The molecular formula is C19H19N5O2. The number of carbonyl (C=O) groups excluding carboxylic acids is 1. The first kappa shape index (κ1) is 16.0. The zero-order valence-corrected chi connectivity index (χ0v) is 14.3. The van der Waals surface area contributed by atoms with Gasteiger partial charge in [-0.05, 0) is 42.3 Å². The zero-order chi connectivity index (χ0) is 18.3. The maximum atomic E-state index is 12.2. The van der Waals surface area contributed by atoms with Gasteiger partial charge in [-0.3, -0.25) is 4.79 Å². The molecule has 1 aromatic heterocycles. The van der Waals surface area contributed by atoms with Crippen LogP contribution in [-0.4, -0.2) is 22.8 Å². The number of ether oxygens (including phenoxy) is 1. The average Bonchev–Trinajstić information content (AvgIpc) is 2.90. The van der Waals surface area contributed by atoms with E-state index in [1.54, 1.807) is 23.9 Å². The number of carbonyl (C=O) groups is 1. The Hall–Kier alpha value is -3.48. The van der Waals surface area contributed by atoms with E-state index in [-0.39, 0.29) is 0 Å². The number of fused-ring (bicyclic) bond motifs is 2. The van der Waals surface area contributed by atoms with Gasteiger partial charge in [0.1, 0.15) is 22.8 Å². The van der Waals surface area contributed by atoms with Gasteiger partial charge in [-0.15, -0.1) is 0 Å². The number of hydrogen-bond acceptors (Lipinski definition) is 5. The van der Waals surface area contributed by atoms with Crippen molar-refractivity contribution in [2.24, 2.45) is 5.73 Å². The van der Waals surface area contributed by atoms with Gasteiger partial charge in [0.25, 0.3) is 5.91 Å². The van der Waals surface area contributed by atoms with Crippen molar-refractivity contribution in [3.8, 4) is 17.0 Å². The smallest absolute Gasteiger partial charge is 0.254 e. The van der Waals surface area contributed by atoms with Crippen molar-refractivity contribution in [2.45, 2.75) is 13.0 Å². The normalized spacial score (nSPS) is 12.5. The number of methoxy groups -OCH3 is 1. The van der Waals surface area contributed by atoms with Crippen LogP contribution in [0.3, 0.4) is 0 Å². The first-order valence-corrected chi connectivity index (χ1v) is 8.27. The first-order chi connectivity index (χ1) is 12.6. The van der Waals surface area contributed by atoms with Gasteiger partial charge in [0, 0.05) is 23.5 Å². The van der Waals surface area contributed by atoms with Crippen molar-refractivity contribution >= 4 is 23.1 Å². The Morgan fingerprint density at radius 1 is 1.23 bits per heavy atom. The first-order valence-electron chi connectivity index (χ1n) is 8.27. The van der Waals surface area contributed by atoms with Crippen molar-refractivity contribution < 1.29 is 9.53 Å². The van der Waals surface area contributed by atoms with Gasteiger partial charge >= 0.3 is 0 Å². The number of nitrogen functional groups attached to an aromatic ring is 1. The van der Waals surface area contributed by atoms with Crippen LogP contribution in [-0.2, 0) is 13.0 Å². The molecule has 1 amide bonds. The number of aromatic nitrogens is 2. The standard InChI is InChI=1S/C19H19N5O2/c1-26-14-6-7-15-12(10-14)8-9-24-19(22-15)16(18(21)25)17(23-24)11-2-4-13(20)5-3-11/h2-7,10,22H,8-9,20H2,1H3,(H2,21,25). The van der Waals surface area contributed by atoms with Crippen molar-refractivity contribution in [3.63, 3.8) is 0 Å². The maximum Gasteiger partial charge on any atom is 0.254 e. The van der Waals surface area contributed by atoms with E-state index in [2.05, 4.69) is 10.4 Å². The lowest BCUT2D eigenvalue weighted by Crippen LogP contribution is -2.14. The summed E-state index contributed by atoms with van der Waals surface area (Å²) in [5, 5.41) is 7.96. The number of amides is 1. The van der Waals surface area contributed by atoms with Gasteiger partial charge in [0.05, 0.1) is 7.11 Å². The number of hydrogen-bond donors (Lipinski definition) is 3. The number of primary amides is 1. The minimum Gasteiger partial charge on any atom is -0.497 e. The van der Waals surface area contributed by atoms with Crippen LogP contribution in [0.5, 0.6) is 5.75 Å². The van der Waals surface area contributed by atoms with Crippen molar-refractivity contribution in [1.29, 1.82) is 0 Å². The zero-order valence-electron chi connectivity index (χ0n) is 14.3. The number of nitrogens with two attached hydrogens (primary N) is 2. The van der Waals surface area contributed by atoms with Crippen LogP contribution in [0.1, 0.15) is 15.9 Å². The number of anilines is 3. The average molecular weight is 349 g/mol. The van der Waals surface area contributed by atoms with Crippen molar-refractivity contribution in [2.75, 3.05) is 18.2 Å². The van der Waals surface area contributed by atoms with Crippen LogP contribution in [0.15, 0.2) is 42.5 Å². The summed E-state index contributed by atoms with van der Waals surface area (Å²) in [6, 6.07) is 13.0. The van der Waals surface area contributed by atoms with Crippen molar-refractivity contribution in [1.82, 2.24) is 9.78 Å². The van der Waals surface area contributed by atoms with E-state index in [1.165, 1.54) is 0 Å². The molecule has 0 unspecified atom stereocenters. The lowest BCUT2D eigenvalue weighted by Gasteiger charge is -2.10. The maximum absolute atomic E-state index is 12.2. The van der Waals surface area contributed by atoms with Crippen LogP contribution < -0.4 is 21.5 Å². The Morgan fingerprint density at radius 2 is 2.00 bits per heavy atom. The highest BCUT2D eigenvalue weighted by Crippen LogP contribution is 2.35. The third-order valence-corrected chi connectivity index (χ3v) is 4.54. The minimum atomic E-state index is -0.525. The van der Waals surface area contributed by atoms with Gasteiger partial charge in [0.2, 0.25) is 0 Å². The highest BCUT2D eigenvalue weighted by atomic mass is 16.5. The summed E-state index contributed by atoms with van der Waals surface area (Å²) in [5.41, 5.74) is 15.8. The molecule has 2 aromatic carbocycles. The molecule has 132 valence electrons. The van der Waals surface area contributed by atoms with E-state index < -0.39 is 5.91 Å². The third-order valence-electron chi connectivity index (χ3n) is 4.54. The monoisotopic (exact) mass is 349 g/mol. The molecule has 5 N–H and O–H groups in total. The number of aryl methyl sites for hydroxylation is 2. The fourth-order valence-corrected chi connectivity index (χ4v) is 3.21. The molecule has 0 saturated carbocycles. The number of nitrogens with one attached hydrogen (secondary N) is 1. The summed E-state index contributed by atoms with van der Waals surface area (Å²) in [7, 11) is 1.64. The molecule has 0 aliphatic carbocycles. The summed E-state index contributed by atoms with van der Waals surface area (Å²) in [6.45, 7) is 0.623. The minimum absolute atomic E-state index is 0.374. The number of rotatable bonds is 3. The molecule has 0 saturated heterocycles. The topological polar surface area (TPSA) is 108 Å². The van der Waals surface area contributed by atoms with E-state index >= 15 is 0 Å². The van der Waals surface area contributed by atoms with Gasteiger partial charge in [0.15, 0.2) is 0 Å². The predicted octanol–water partition coefficient (Wildman–Crippen LogP) is 2.54. The quantitative estimate of drug-likeness (QED) is 0.630. The fourth-order valence-electron chi connectivity index (χ4n) is 3.21.